The molecule has 1 fully saturated rings. The maximum absolute atomic E-state index is 12.0. The van der Waals surface area contributed by atoms with Crippen molar-refractivity contribution in [2.75, 3.05) is 6.54 Å². The van der Waals surface area contributed by atoms with E-state index in [1.807, 2.05) is 12.3 Å². The van der Waals surface area contributed by atoms with Gasteiger partial charge in [-0.1, -0.05) is 0 Å². The van der Waals surface area contributed by atoms with Crippen LogP contribution in [0.5, 0.6) is 0 Å². The third-order valence-corrected chi connectivity index (χ3v) is 3.90. The van der Waals surface area contributed by atoms with Crippen LogP contribution < -0.4 is 0 Å². The zero-order chi connectivity index (χ0) is 13.8. The predicted molar refractivity (Wildman–Crippen MR) is 72.9 cm³/mol. The van der Waals surface area contributed by atoms with E-state index in [-0.39, 0.29) is 5.91 Å². The van der Waals surface area contributed by atoms with Crippen LogP contribution in [0, 0.1) is 6.92 Å². The summed E-state index contributed by atoms with van der Waals surface area (Å²) in [5.41, 5.74) is 0.736. The maximum Gasteiger partial charge on any atom is 0.326 e. The molecule has 102 valence electrons. The number of nitrogens with zero attached hydrogens (tertiary/aromatic N) is 2. The van der Waals surface area contributed by atoms with E-state index in [1.165, 1.54) is 22.3 Å². The van der Waals surface area contributed by atoms with Gasteiger partial charge in [-0.15, -0.1) is 11.3 Å². The van der Waals surface area contributed by atoms with E-state index >= 15 is 0 Å². The molecule has 0 bridgehead atoms. The Morgan fingerprint density at radius 2 is 2.32 bits per heavy atom. The van der Waals surface area contributed by atoms with Gasteiger partial charge in [-0.05, 0) is 32.3 Å². The Labute approximate surface area is 115 Å². The molecule has 2 heterocycles. The number of carboxylic acids is 1. The molecule has 0 saturated carbocycles. The number of carboxylic acid groups (broad SMARTS) is 1. The van der Waals surface area contributed by atoms with E-state index in [1.54, 1.807) is 6.08 Å². The highest BCUT2D eigenvalue weighted by Gasteiger charge is 2.30. The highest BCUT2D eigenvalue weighted by atomic mass is 32.1. The smallest absolute Gasteiger partial charge is 0.326 e. The Morgan fingerprint density at radius 1 is 1.53 bits per heavy atom. The van der Waals surface area contributed by atoms with Gasteiger partial charge in [0.1, 0.15) is 6.04 Å². The van der Waals surface area contributed by atoms with Crippen LogP contribution >= 0.6 is 11.3 Å². The van der Waals surface area contributed by atoms with Crippen LogP contribution in [-0.4, -0.2) is 39.5 Å². The number of aryl methyl sites for hydroxylation is 1. The van der Waals surface area contributed by atoms with Crippen LogP contribution in [0.15, 0.2) is 11.5 Å². The first-order chi connectivity index (χ1) is 9.08. The predicted octanol–water partition coefficient (Wildman–Crippen LogP) is 1.93. The number of amides is 1. The molecule has 1 aromatic rings. The SMILES string of the molecule is Cc1nc(/C=C/C(=O)N2CCCC[C@@H]2C(=O)O)cs1. The van der Waals surface area contributed by atoms with Gasteiger partial charge < -0.3 is 10.0 Å². The van der Waals surface area contributed by atoms with E-state index in [4.69, 9.17) is 5.11 Å². The van der Waals surface area contributed by atoms with E-state index in [9.17, 15) is 9.59 Å². The van der Waals surface area contributed by atoms with Crippen LogP contribution in [0.25, 0.3) is 6.08 Å². The van der Waals surface area contributed by atoms with Gasteiger partial charge >= 0.3 is 5.97 Å². The van der Waals surface area contributed by atoms with E-state index < -0.39 is 12.0 Å². The Kier molecular flexibility index (Phi) is 4.31. The van der Waals surface area contributed by atoms with Gasteiger partial charge in [-0.2, -0.15) is 0 Å². The highest BCUT2D eigenvalue weighted by Crippen LogP contribution is 2.18. The first kappa shape index (κ1) is 13.7. The van der Waals surface area contributed by atoms with Crippen molar-refractivity contribution >= 4 is 29.3 Å². The summed E-state index contributed by atoms with van der Waals surface area (Å²) in [5, 5.41) is 11.9. The number of hydrogen-bond donors (Lipinski definition) is 1. The number of carbonyl (C=O) groups is 2. The number of piperidine rings is 1. The molecular formula is C13H16N2O3S. The fourth-order valence-corrected chi connectivity index (χ4v) is 2.74. The standard InChI is InChI=1S/C13H16N2O3S/c1-9-14-10(8-19-9)5-6-12(16)15-7-3-2-4-11(15)13(17)18/h5-6,8,11H,2-4,7H2,1H3,(H,17,18)/b6-5+/t11-/m1/s1. The minimum absolute atomic E-state index is 0.252. The highest BCUT2D eigenvalue weighted by molar-refractivity contribution is 7.09. The van der Waals surface area contributed by atoms with Crippen LogP contribution in [0.2, 0.25) is 0 Å². The quantitative estimate of drug-likeness (QED) is 0.859. The van der Waals surface area contributed by atoms with E-state index in [0.29, 0.717) is 13.0 Å². The second-order valence-electron chi connectivity index (χ2n) is 4.51. The molecule has 0 aliphatic carbocycles. The molecular weight excluding hydrogens is 264 g/mol. The van der Waals surface area contributed by atoms with Crippen molar-refractivity contribution in [1.82, 2.24) is 9.88 Å². The lowest BCUT2D eigenvalue weighted by atomic mass is 10.0. The number of thiazole rings is 1. The van der Waals surface area contributed by atoms with Gasteiger partial charge in [-0.3, -0.25) is 4.79 Å². The summed E-state index contributed by atoms with van der Waals surface area (Å²) >= 11 is 1.52. The van der Waals surface area contributed by atoms with Crippen molar-refractivity contribution in [3.63, 3.8) is 0 Å². The van der Waals surface area contributed by atoms with Crippen molar-refractivity contribution in [3.8, 4) is 0 Å². The largest absolute Gasteiger partial charge is 0.480 e. The van der Waals surface area contributed by atoms with Crippen molar-refractivity contribution < 1.29 is 14.7 Å². The van der Waals surface area contributed by atoms with Crippen molar-refractivity contribution in [3.05, 3.63) is 22.2 Å². The molecule has 1 saturated heterocycles. The lowest BCUT2D eigenvalue weighted by Gasteiger charge is -2.32. The zero-order valence-electron chi connectivity index (χ0n) is 10.7. The average molecular weight is 280 g/mol. The number of aliphatic carboxylic acids is 1. The van der Waals surface area contributed by atoms with Crippen molar-refractivity contribution in [1.29, 1.82) is 0 Å². The molecule has 1 aliphatic rings. The van der Waals surface area contributed by atoms with Crippen LogP contribution in [0.1, 0.15) is 30.0 Å². The monoisotopic (exact) mass is 280 g/mol. The van der Waals surface area contributed by atoms with Crippen LogP contribution in [-0.2, 0) is 9.59 Å². The van der Waals surface area contributed by atoms with Gasteiger partial charge in [0, 0.05) is 18.0 Å². The molecule has 1 atom stereocenters. The molecule has 1 amide bonds. The summed E-state index contributed by atoms with van der Waals surface area (Å²) in [4.78, 5) is 28.8. The lowest BCUT2D eigenvalue weighted by molar-refractivity contribution is -0.150. The Hall–Kier alpha value is -1.69. The van der Waals surface area contributed by atoms with Gasteiger partial charge in [0.05, 0.1) is 10.7 Å². The minimum Gasteiger partial charge on any atom is -0.480 e. The van der Waals surface area contributed by atoms with E-state index in [2.05, 4.69) is 4.98 Å². The topological polar surface area (TPSA) is 70.5 Å². The molecule has 1 N–H and O–H groups in total. The van der Waals surface area contributed by atoms with Gasteiger partial charge in [-0.25, -0.2) is 9.78 Å². The van der Waals surface area contributed by atoms with Crippen molar-refractivity contribution in [2.24, 2.45) is 0 Å². The maximum atomic E-state index is 12.0. The molecule has 6 heteroatoms. The number of hydrogen-bond acceptors (Lipinski definition) is 4. The molecule has 2 rings (SSSR count). The molecule has 5 nitrogen and oxygen atoms in total. The third-order valence-electron chi connectivity index (χ3n) is 3.10. The lowest BCUT2D eigenvalue weighted by Crippen LogP contribution is -2.47. The Morgan fingerprint density at radius 3 is 2.95 bits per heavy atom. The molecule has 0 radical (unpaired) electrons. The molecule has 1 aromatic heterocycles. The fourth-order valence-electron chi connectivity index (χ4n) is 2.16. The molecule has 1 aliphatic heterocycles. The average Bonchev–Trinajstić information content (AvgIpc) is 2.81. The molecule has 19 heavy (non-hydrogen) atoms. The van der Waals surface area contributed by atoms with Crippen LogP contribution in [0.4, 0.5) is 0 Å². The Balaban J connectivity index is 2.05. The van der Waals surface area contributed by atoms with Gasteiger partial charge in [0.15, 0.2) is 0 Å². The normalized spacial score (nSPS) is 19.8. The van der Waals surface area contributed by atoms with Gasteiger partial charge in [0.25, 0.3) is 0 Å². The summed E-state index contributed by atoms with van der Waals surface area (Å²) in [6.45, 7) is 2.41. The Bertz CT molecular complexity index is 510. The van der Waals surface area contributed by atoms with Gasteiger partial charge in [0.2, 0.25) is 5.91 Å². The zero-order valence-corrected chi connectivity index (χ0v) is 11.5. The second-order valence-corrected chi connectivity index (χ2v) is 5.57. The molecule has 0 aromatic carbocycles. The summed E-state index contributed by atoms with van der Waals surface area (Å²) in [7, 11) is 0. The minimum atomic E-state index is -0.925. The summed E-state index contributed by atoms with van der Waals surface area (Å²) in [5.74, 6) is -1.18. The third kappa shape index (κ3) is 3.41. The molecule has 0 spiro atoms. The number of likely N-dealkylation sites (tertiary alicyclic amines) is 1. The second kappa shape index (κ2) is 5.97. The fraction of sp³-hybridized carbons (Fsp3) is 0.462. The number of carbonyl (C=O) groups excluding carboxylic acids is 1. The molecule has 0 unspecified atom stereocenters. The summed E-state index contributed by atoms with van der Waals surface area (Å²) in [6.07, 6.45) is 5.30. The van der Waals surface area contributed by atoms with E-state index in [0.717, 1.165) is 23.5 Å². The first-order valence-electron chi connectivity index (χ1n) is 6.21. The van der Waals surface area contributed by atoms with Crippen LogP contribution in [0.3, 0.4) is 0 Å². The number of rotatable bonds is 3. The summed E-state index contributed by atoms with van der Waals surface area (Å²) < 4.78 is 0. The van der Waals surface area contributed by atoms with Crippen molar-refractivity contribution in [2.45, 2.75) is 32.2 Å². The number of aromatic nitrogens is 1. The summed E-state index contributed by atoms with van der Waals surface area (Å²) in [6, 6.07) is -0.692. The first-order valence-corrected chi connectivity index (χ1v) is 7.09.